The Kier molecular flexibility index (Phi) is 4.13. The Morgan fingerprint density at radius 1 is 1.40 bits per heavy atom. The first-order valence-electron chi connectivity index (χ1n) is 4.70. The molecule has 0 amide bonds. The van der Waals surface area contributed by atoms with Crippen molar-refractivity contribution >= 4 is 21.6 Å². The maximum Gasteiger partial charge on any atom is 0.211 e. The van der Waals surface area contributed by atoms with E-state index in [1.54, 1.807) is 19.9 Å². The van der Waals surface area contributed by atoms with E-state index in [9.17, 15) is 8.42 Å². The normalized spacial score (nSPS) is 13.8. The summed E-state index contributed by atoms with van der Waals surface area (Å²) in [4.78, 5) is 0. The molecular formula is C10H14ClNO2S. The zero-order valence-corrected chi connectivity index (χ0v) is 10.3. The second kappa shape index (κ2) is 4.96. The molecule has 1 aromatic rings. The Morgan fingerprint density at radius 2 is 2.00 bits per heavy atom. The molecule has 0 fully saturated rings. The van der Waals surface area contributed by atoms with Crippen molar-refractivity contribution in [3.63, 3.8) is 0 Å². The van der Waals surface area contributed by atoms with Crippen LogP contribution in [-0.4, -0.2) is 14.2 Å². The summed E-state index contributed by atoms with van der Waals surface area (Å²) in [6.45, 7) is 3.37. The van der Waals surface area contributed by atoms with Crippen LogP contribution in [0.1, 0.15) is 25.5 Å². The smallest absolute Gasteiger partial charge is 0.211 e. The van der Waals surface area contributed by atoms with Crippen molar-refractivity contribution in [3.05, 3.63) is 34.9 Å². The molecule has 1 atom stereocenters. The van der Waals surface area contributed by atoms with Crippen LogP contribution >= 0.6 is 11.6 Å². The van der Waals surface area contributed by atoms with Gasteiger partial charge in [-0.1, -0.05) is 29.8 Å². The highest BCUT2D eigenvalue weighted by atomic mass is 35.5. The fraction of sp³-hybridized carbons (Fsp3) is 0.400. The minimum absolute atomic E-state index is 0.0712. The van der Waals surface area contributed by atoms with Crippen LogP contribution in [-0.2, 0) is 10.0 Å². The summed E-state index contributed by atoms with van der Waals surface area (Å²) < 4.78 is 25.2. The second-order valence-electron chi connectivity index (χ2n) is 3.26. The van der Waals surface area contributed by atoms with Crippen molar-refractivity contribution in [1.29, 1.82) is 0 Å². The summed E-state index contributed by atoms with van der Waals surface area (Å²) in [5.74, 6) is 0.0712. The third-order valence-corrected chi connectivity index (χ3v) is 3.93. The molecule has 0 aliphatic heterocycles. The number of nitrogens with one attached hydrogen (secondary N) is 1. The average molecular weight is 248 g/mol. The molecule has 1 aromatic carbocycles. The van der Waals surface area contributed by atoms with Crippen molar-refractivity contribution in [3.8, 4) is 0 Å². The van der Waals surface area contributed by atoms with Gasteiger partial charge in [-0.25, -0.2) is 13.1 Å². The van der Waals surface area contributed by atoms with Crippen LogP contribution in [0.2, 0.25) is 5.02 Å². The molecule has 5 heteroatoms. The standard InChI is InChI=1S/C10H14ClNO2S/c1-3-15(13,14)12-8(2)9-6-4-5-7-10(9)11/h4-8,12H,3H2,1-2H3/t8-/m1/s1. The molecular weight excluding hydrogens is 234 g/mol. The van der Waals surface area contributed by atoms with Gasteiger partial charge in [-0.15, -0.1) is 0 Å². The van der Waals surface area contributed by atoms with Gasteiger partial charge in [0.1, 0.15) is 0 Å². The minimum Gasteiger partial charge on any atom is -0.212 e. The molecule has 0 aromatic heterocycles. The van der Waals surface area contributed by atoms with E-state index in [2.05, 4.69) is 4.72 Å². The summed E-state index contributed by atoms with van der Waals surface area (Å²) in [7, 11) is -3.19. The van der Waals surface area contributed by atoms with Crippen LogP contribution in [0.4, 0.5) is 0 Å². The number of halogens is 1. The SMILES string of the molecule is CCS(=O)(=O)N[C@H](C)c1ccccc1Cl. The van der Waals surface area contributed by atoms with Gasteiger partial charge in [0.25, 0.3) is 0 Å². The zero-order chi connectivity index (χ0) is 11.5. The van der Waals surface area contributed by atoms with Crippen molar-refractivity contribution in [2.24, 2.45) is 0 Å². The summed E-state index contributed by atoms with van der Waals surface area (Å²) >= 11 is 5.96. The molecule has 0 saturated heterocycles. The molecule has 84 valence electrons. The summed E-state index contributed by atoms with van der Waals surface area (Å²) in [6, 6.07) is 6.90. The molecule has 15 heavy (non-hydrogen) atoms. The van der Waals surface area contributed by atoms with Crippen molar-refractivity contribution in [1.82, 2.24) is 4.72 Å². The van der Waals surface area contributed by atoms with E-state index in [1.165, 1.54) is 0 Å². The fourth-order valence-corrected chi connectivity index (χ4v) is 2.37. The van der Waals surface area contributed by atoms with E-state index in [4.69, 9.17) is 11.6 Å². The third-order valence-electron chi connectivity index (χ3n) is 2.11. The Bertz CT molecular complexity index is 431. The summed E-state index contributed by atoms with van der Waals surface area (Å²) in [5.41, 5.74) is 0.788. The Hall–Kier alpha value is -0.580. The summed E-state index contributed by atoms with van der Waals surface area (Å²) in [6.07, 6.45) is 0. The molecule has 0 radical (unpaired) electrons. The van der Waals surface area contributed by atoms with Gasteiger partial charge in [-0.3, -0.25) is 0 Å². The van der Waals surface area contributed by atoms with Crippen LogP contribution in [0.15, 0.2) is 24.3 Å². The molecule has 1 rings (SSSR count). The van der Waals surface area contributed by atoms with Crippen LogP contribution in [0.25, 0.3) is 0 Å². The molecule has 0 aliphatic rings. The maximum atomic E-state index is 11.3. The van der Waals surface area contributed by atoms with Gasteiger partial charge in [0.05, 0.1) is 5.75 Å². The van der Waals surface area contributed by atoms with Gasteiger partial charge < -0.3 is 0 Å². The van der Waals surface area contributed by atoms with Crippen molar-refractivity contribution < 1.29 is 8.42 Å². The first-order valence-corrected chi connectivity index (χ1v) is 6.73. The molecule has 0 unspecified atom stereocenters. The van der Waals surface area contributed by atoms with E-state index < -0.39 is 10.0 Å². The number of hydrogen-bond acceptors (Lipinski definition) is 2. The first kappa shape index (κ1) is 12.5. The third kappa shape index (κ3) is 3.48. The van der Waals surface area contributed by atoms with Gasteiger partial charge in [-0.05, 0) is 25.5 Å². The van der Waals surface area contributed by atoms with Crippen LogP contribution in [0.5, 0.6) is 0 Å². The molecule has 0 spiro atoms. The highest BCUT2D eigenvalue weighted by molar-refractivity contribution is 7.89. The fourth-order valence-electron chi connectivity index (χ4n) is 1.24. The van der Waals surface area contributed by atoms with Crippen molar-refractivity contribution in [2.45, 2.75) is 19.9 Å². The molecule has 0 aliphatic carbocycles. The Balaban J connectivity index is 2.87. The summed E-state index contributed by atoms with van der Waals surface area (Å²) in [5, 5.41) is 0.573. The minimum atomic E-state index is -3.19. The largest absolute Gasteiger partial charge is 0.212 e. The van der Waals surface area contributed by atoms with Gasteiger partial charge in [0.15, 0.2) is 0 Å². The molecule has 0 heterocycles. The van der Waals surface area contributed by atoms with E-state index >= 15 is 0 Å². The Morgan fingerprint density at radius 3 is 2.53 bits per heavy atom. The average Bonchev–Trinajstić information content (AvgIpc) is 2.17. The van der Waals surface area contributed by atoms with Gasteiger partial charge in [-0.2, -0.15) is 0 Å². The lowest BCUT2D eigenvalue weighted by Gasteiger charge is -2.14. The maximum absolute atomic E-state index is 11.3. The highest BCUT2D eigenvalue weighted by Gasteiger charge is 2.15. The topological polar surface area (TPSA) is 46.2 Å². The molecule has 3 nitrogen and oxygen atoms in total. The predicted octanol–water partition coefficient (Wildman–Crippen LogP) is 2.34. The van der Waals surface area contributed by atoms with Gasteiger partial charge in [0.2, 0.25) is 10.0 Å². The predicted molar refractivity (Wildman–Crippen MR) is 62.5 cm³/mol. The monoisotopic (exact) mass is 247 g/mol. The number of benzene rings is 1. The second-order valence-corrected chi connectivity index (χ2v) is 5.71. The van der Waals surface area contributed by atoms with E-state index in [1.807, 2.05) is 18.2 Å². The lowest BCUT2D eigenvalue weighted by atomic mass is 10.1. The lowest BCUT2D eigenvalue weighted by molar-refractivity contribution is 0.568. The highest BCUT2D eigenvalue weighted by Crippen LogP contribution is 2.22. The van der Waals surface area contributed by atoms with Crippen molar-refractivity contribution in [2.75, 3.05) is 5.75 Å². The van der Waals surface area contributed by atoms with Crippen LogP contribution in [0.3, 0.4) is 0 Å². The van der Waals surface area contributed by atoms with Crippen LogP contribution in [0, 0.1) is 0 Å². The van der Waals surface area contributed by atoms with Gasteiger partial charge >= 0.3 is 0 Å². The quantitative estimate of drug-likeness (QED) is 0.888. The van der Waals surface area contributed by atoms with Crippen LogP contribution < -0.4 is 4.72 Å². The van der Waals surface area contributed by atoms with E-state index in [-0.39, 0.29) is 11.8 Å². The number of rotatable bonds is 4. The van der Waals surface area contributed by atoms with Gasteiger partial charge in [0, 0.05) is 11.1 Å². The molecule has 1 N–H and O–H groups in total. The molecule has 0 saturated carbocycles. The number of sulfonamides is 1. The lowest BCUT2D eigenvalue weighted by Crippen LogP contribution is -2.28. The van der Waals surface area contributed by atoms with E-state index in [0.717, 1.165) is 5.56 Å². The Labute approximate surface area is 95.5 Å². The zero-order valence-electron chi connectivity index (χ0n) is 8.70. The first-order chi connectivity index (χ1) is 6.96. The van der Waals surface area contributed by atoms with E-state index in [0.29, 0.717) is 5.02 Å². The molecule has 0 bridgehead atoms. The number of hydrogen-bond donors (Lipinski definition) is 1.